The number of carbonyl (C=O) groups excluding carboxylic acids is 2. The summed E-state index contributed by atoms with van der Waals surface area (Å²) >= 11 is 0. The lowest BCUT2D eigenvalue weighted by Gasteiger charge is -2.71. The molecule has 8 nitrogen and oxygen atoms in total. The van der Waals surface area contributed by atoms with Crippen molar-refractivity contribution in [3.05, 3.63) is 82.0 Å². The third-order valence-corrected chi connectivity index (χ3v) is 17.9. The molecule has 8 bridgehead atoms. The molecule has 4 aliphatic heterocycles. The molecule has 292 valence electrons. The van der Waals surface area contributed by atoms with Crippen LogP contribution >= 0.6 is 0 Å². The van der Waals surface area contributed by atoms with Crippen molar-refractivity contribution in [1.82, 2.24) is 9.80 Å². The number of aliphatic hydroxyl groups is 2. The van der Waals surface area contributed by atoms with E-state index in [9.17, 15) is 19.8 Å². The molecular weight excluding hydrogens is 689 g/mol. The third-order valence-electron chi connectivity index (χ3n) is 17.9. The van der Waals surface area contributed by atoms with Crippen molar-refractivity contribution in [2.45, 2.75) is 109 Å². The van der Waals surface area contributed by atoms with Crippen LogP contribution in [0, 0.1) is 47.3 Å². The van der Waals surface area contributed by atoms with E-state index >= 15 is 0 Å². The van der Waals surface area contributed by atoms with E-state index in [-0.39, 0.29) is 77.9 Å². The fourth-order valence-electron chi connectivity index (χ4n) is 15.6. The Morgan fingerprint density at radius 2 is 1.09 bits per heavy atom. The van der Waals surface area contributed by atoms with E-state index in [4.69, 9.17) is 9.47 Å². The number of ketones is 2. The van der Waals surface area contributed by atoms with E-state index in [2.05, 4.69) is 86.3 Å². The lowest BCUT2D eigenvalue weighted by molar-refractivity contribution is -0.184. The van der Waals surface area contributed by atoms with Crippen LogP contribution in [-0.2, 0) is 33.3 Å². The van der Waals surface area contributed by atoms with E-state index in [1.807, 2.05) is 0 Å². The summed E-state index contributed by atoms with van der Waals surface area (Å²) in [7, 11) is 4.46. The number of nitrogens with zero attached hydrogens (tertiary/aromatic N) is 2. The molecule has 0 aromatic heterocycles. The monoisotopic (exact) mass is 746 g/mol. The van der Waals surface area contributed by atoms with Gasteiger partial charge in [-0.15, -0.1) is 0 Å². The number of aliphatic hydroxyl groups excluding tert-OH is 2. The molecule has 0 unspecified atom stereocenters. The molecule has 14 rings (SSSR count). The first kappa shape index (κ1) is 36.1. The first-order valence-electron chi connectivity index (χ1n) is 20.5. The standard InChI is InChI=1S/2C23H27NO3.CH4/c2*1-13-4-5-15-10-17-22-7-6-21(12-25,16(11-22)14(2)26)20-23(22,8-9-24(17)3)18(15)19(13)27-20;/h2*4-7,16-17,20,25H,8-12H2,1-3H3;1H4/t16-,17+,20-,21+,22+,23-;16-,17-,20+,21-,22-,23+;/m01./s1. The van der Waals surface area contributed by atoms with Crippen LogP contribution in [0.2, 0.25) is 0 Å². The number of likely N-dealkylation sites (N-methyl/N-ethyl adjacent to an activating group) is 2. The minimum absolute atomic E-state index is 0. The van der Waals surface area contributed by atoms with Gasteiger partial charge in [0.15, 0.2) is 0 Å². The zero-order chi connectivity index (χ0) is 37.5. The van der Waals surface area contributed by atoms with E-state index in [1.165, 1.54) is 33.4 Å². The number of carbonyl (C=O) groups is 2. The highest BCUT2D eigenvalue weighted by Crippen LogP contribution is 2.77. The van der Waals surface area contributed by atoms with Crippen LogP contribution in [0.4, 0.5) is 0 Å². The fourth-order valence-corrected chi connectivity index (χ4v) is 15.6. The number of likely N-dealkylation sites (tertiary alicyclic amines) is 2. The Kier molecular flexibility index (Phi) is 7.21. The highest BCUT2D eigenvalue weighted by molar-refractivity contribution is 5.82. The van der Waals surface area contributed by atoms with Gasteiger partial charge in [0, 0.05) is 56.7 Å². The molecule has 2 saturated carbocycles. The number of fused-ring (bicyclic) bond motifs is 2. The minimum Gasteiger partial charge on any atom is -0.488 e. The maximum absolute atomic E-state index is 12.7. The van der Waals surface area contributed by atoms with E-state index in [0.29, 0.717) is 12.1 Å². The Morgan fingerprint density at radius 1 is 0.691 bits per heavy atom. The summed E-state index contributed by atoms with van der Waals surface area (Å²) in [5, 5.41) is 21.2. The zero-order valence-corrected chi connectivity index (χ0v) is 32.6. The molecule has 8 aliphatic carbocycles. The molecule has 2 aromatic rings. The van der Waals surface area contributed by atoms with Crippen molar-refractivity contribution >= 4 is 11.6 Å². The molecule has 2 N–H and O–H groups in total. The predicted octanol–water partition coefficient (Wildman–Crippen LogP) is 5.43. The summed E-state index contributed by atoms with van der Waals surface area (Å²) in [5.74, 6) is 2.11. The Bertz CT molecular complexity index is 1990. The Balaban J connectivity index is 0.000000133. The molecule has 8 heteroatoms. The number of ether oxygens (including phenoxy) is 2. The average Bonchev–Trinajstić information content (AvgIpc) is 3.73. The number of hydrogen-bond donors (Lipinski definition) is 2. The normalized spacial score (nSPS) is 44.7. The number of rotatable bonds is 4. The van der Waals surface area contributed by atoms with Gasteiger partial charge in [-0.05, 0) is 116 Å². The van der Waals surface area contributed by atoms with Crippen LogP contribution in [0.25, 0.3) is 0 Å². The molecule has 0 amide bonds. The van der Waals surface area contributed by atoms with Crippen LogP contribution in [0.15, 0.2) is 48.6 Å². The van der Waals surface area contributed by atoms with Crippen molar-refractivity contribution in [1.29, 1.82) is 0 Å². The Morgan fingerprint density at radius 3 is 1.45 bits per heavy atom. The van der Waals surface area contributed by atoms with E-state index < -0.39 is 10.8 Å². The van der Waals surface area contributed by atoms with Gasteiger partial charge in [-0.1, -0.05) is 56.0 Å². The summed E-state index contributed by atoms with van der Waals surface area (Å²) in [6.07, 6.45) is 14.6. The summed E-state index contributed by atoms with van der Waals surface area (Å²) in [4.78, 5) is 30.5. The van der Waals surface area contributed by atoms with Crippen LogP contribution in [0.5, 0.6) is 11.5 Å². The highest BCUT2D eigenvalue weighted by atomic mass is 16.5. The van der Waals surface area contributed by atoms with Gasteiger partial charge in [0.05, 0.1) is 24.0 Å². The summed E-state index contributed by atoms with van der Waals surface area (Å²) in [6, 6.07) is 9.71. The molecular formula is C47H58N2O6. The molecule has 0 radical (unpaired) electrons. The second-order valence-corrected chi connectivity index (χ2v) is 19.4. The number of piperidine rings is 2. The minimum atomic E-state index is -0.603. The molecule has 4 fully saturated rings. The van der Waals surface area contributed by atoms with Gasteiger partial charge >= 0.3 is 0 Å². The second-order valence-electron chi connectivity index (χ2n) is 19.4. The molecule has 4 heterocycles. The maximum Gasteiger partial charge on any atom is 0.134 e. The van der Waals surface area contributed by atoms with Crippen molar-refractivity contribution in [3.8, 4) is 11.5 Å². The van der Waals surface area contributed by atoms with Crippen molar-refractivity contribution in [2.24, 2.45) is 33.5 Å². The van der Waals surface area contributed by atoms with Crippen LogP contribution < -0.4 is 9.47 Å². The van der Waals surface area contributed by atoms with Crippen molar-refractivity contribution < 1.29 is 29.3 Å². The molecule has 2 saturated heterocycles. The average molecular weight is 747 g/mol. The van der Waals surface area contributed by atoms with Crippen molar-refractivity contribution in [3.63, 3.8) is 0 Å². The third kappa shape index (κ3) is 3.60. The number of hydrogen-bond acceptors (Lipinski definition) is 8. The van der Waals surface area contributed by atoms with Gasteiger partial charge in [-0.3, -0.25) is 9.59 Å². The van der Waals surface area contributed by atoms with Gasteiger partial charge in [-0.2, -0.15) is 0 Å². The van der Waals surface area contributed by atoms with Gasteiger partial charge in [0.25, 0.3) is 0 Å². The lowest BCUT2D eigenvalue weighted by Crippen LogP contribution is -2.77. The Labute approximate surface area is 325 Å². The largest absolute Gasteiger partial charge is 0.488 e. The molecule has 12 aliphatic rings. The van der Waals surface area contributed by atoms with Gasteiger partial charge < -0.3 is 29.5 Å². The van der Waals surface area contributed by atoms with E-state index in [1.54, 1.807) is 13.8 Å². The maximum atomic E-state index is 12.7. The molecule has 12 atom stereocenters. The quantitative estimate of drug-likeness (QED) is 0.400. The smallest absolute Gasteiger partial charge is 0.134 e. The van der Waals surface area contributed by atoms with Gasteiger partial charge in [0.1, 0.15) is 35.3 Å². The lowest BCUT2D eigenvalue weighted by atomic mass is 9.35. The molecule has 2 aromatic carbocycles. The summed E-state index contributed by atoms with van der Waals surface area (Å²) in [6.45, 7) is 9.67. The van der Waals surface area contributed by atoms with Crippen LogP contribution in [0.1, 0.15) is 80.3 Å². The Hall–Kier alpha value is -3.30. The zero-order valence-electron chi connectivity index (χ0n) is 32.6. The molecule has 55 heavy (non-hydrogen) atoms. The van der Waals surface area contributed by atoms with E-state index in [0.717, 1.165) is 63.1 Å². The SMILES string of the molecule is C.CC(=O)[C@@H]1C[C@@]23C=C[C@]1(CO)[C@@H]1Oc4c(C)ccc5c4[C@@]12CCN(C)[C@@H]3C5.CC(=O)[C@H]1C[C@@]23C=C[C@]1(CO)[C@@H]1Oc4c(C)ccc5c4[C@@]12CCN(C)[C@@H]3C5. The first-order valence-corrected chi connectivity index (χ1v) is 20.5. The van der Waals surface area contributed by atoms with Crippen LogP contribution in [0.3, 0.4) is 0 Å². The van der Waals surface area contributed by atoms with Crippen LogP contribution in [-0.4, -0.2) is 96.3 Å². The predicted molar refractivity (Wildman–Crippen MR) is 211 cm³/mol. The van der Waals surface area contributed by atoms with Gasteiger partial charge in [0.2, 0.25) is 0 Å². The number of aryl methyl sites for hydroxylation is 2. The number of Topliss-reactive ketones (excluding diaryl/α,β-unsaturated/α-hetero) is 2. The highest BCUT2D eigenvalue weighted by Gasteiger charge is 2.80. The van der Waals surface area contributed by atoms with Gasteiger partial charge in [-0.25, -0.2) is 0 Å². The first-order chi connectivity index (χ1) is 25.8. The summed E-state index contributed by atoms with van der Waals surface area (Å²) < 4.78 is 13.5. The fraction of sp³-hybridized carbons (Fsp3) is 0.617. The van der Waals surface area contributed by atoms with Crippen molar-refractivity contribution in [2.75, 3.05) is 40.4 Å². The number of benzene rings is 2. The topological polar surface area (TPSA) is 99.5 Å². The summed E-state index contributed by atoms with van der Waals surface area (Å²) in [5.41, 5.74) is 6.40. The molecule has 4 spiro atoms. The second kappa shape index (κ2) is 11.0.